The molecule has 0 aromatic carbocycles. The van der Waals surface area contributed by atoms with E-state index < -0.39 is 23.9 Å². The van der Waals surface area contributed by atoms with Crippen LogP contribution in [0.15, 0.2) is 56.7 Å². The van der Waals surface area contributed by atoms with Crippen molar-refractivity contribution in [2.24, 2.45) is 0 Å². The summed E-state index contributed by atoms with van der Waals surface area (Å²) in [5, 5.41) is 37.9. The van der Waals surface area contributed by atoms with Crippen molar-refractivity contribution in [3.05, 3.63) is 192 Å². The maximum Gasteiger partial charge on any atom is 0.303 e. The normalized spacial score (nSPS) is 12.5. The molecule has 10 heterocycles. The van der Waals surface area contributed by atoms with Crippen LogP contribution < -0.4 is 0 Å². The summed E-state index contributed by atoms with van der Waals surface area (Å²) < 4.78 is 0. The van der Waals surface area contributed by atoms with E-state index in [0.29, 0.717) is 62.8 Å². The van der Waals surface area contributed by atoms with E-state index >= 15 is 0 Å². The number of hydrogen-bond acceptors (Lipinski definition) is 6. The van der Waals surface area contributed by atoms with Crippen LogP contribution in [0.3, 0.4) is 0 Å². The van der Waals surface area contributed by atoms with Gasteiger partial charge in [-0.05, 0) is 183 Å². The SMILES string of the molecule is C=CC1=C(C)c2cc3nc(cc4[nH]c(cc5[nH]c(cc1n2)c(C)c5C=C)c(C)c4CCC(=O)O)C(CCC(=O)O)=C3C.C=Cc1c2[nH]c(c1C)Cc1[nH]c(c(CCC(=O)O)c1C)Cc1[nH]c(c(C)c1CCC(=O)O)Cc1[nH]c(c(C)c1C=C)C2.O.O.O. The van der Waals surface area contributed by atoms with Crippen LogP contribution in [0.5, 0.6) is 0 Å². The summed E-state index contributed by atoms with van der Waals surface area (Å²) >= 11 is 0. The van der Waals surface area contributed by atoms with Gasteiger partial charge in [0.1, 0.15) is 0 Å². The van der Waals surface area contributed by atoms with Gasteiger partial charge < -0.3 is 66.8 Å². The summed E-state index contributed by atoms with van der Waals surface area (Å²) in [5.41, 5.74) is 30.8. The Labute approximate surface area is 504 Å². The fraction of sp³-hybridized carbons (Fsp3) is 0.294. The molecule has 7 aromatic heterocycles. The molecule has 19 nitrogen and oxygen atoms in total. The highest BCUT2D eigenvalue weighted by molar-refractivity contribution is 5.98. The third-order valence-corrected chi connectivity index (χ3v) is 17.3. The molecule has 3 aliphatic rings. The first-order valence-corrected chi connectivity index (χ1v) is 28.4. The molecule has 458 valence electrons. The molecule has 0 amide bonds. The van der Waals surface area contributed by atoms with Crippen LogP contribution in [0.4, 0.5) is 0 Å². The number of aryl methyl sites for hydroxylation is 3. The van der Waals surface area contributed by atoms with Crippen molar-refractivity contribution < 1.29 is 56.0 Å². The first kappa shape index (κ1) is 66.6. The number of nitrogens with one attached hydrogen (secondary N) is 6. The van der Waals surface area contributed by atoms with Gasteiger partial charge in [-0.3, -0.25) is 19.2 Å². The highest BCUT2D eigenvalue weighted by Crippen LogP contribution is 2.38. The van der Waals surface area contributed by atoms with Crippen LogP contribution >= 0.6 is 0 Å². The summed E-state index contributed by atoms with van der Waals surface area (Å²) in [6.45, 7) is 32.6. The van der Waals surface area contributed by atoms with Crippen LogP contribution in [0, 0.1) is 41.5 Å². The first-order valence-electron chi connectivity index (χ1n) is 28.4. The number of rotatable bonds is 16. The van der Waals surface area contributed by atoms with Gasteiger partial charge in [0.25, 0.3) is 0 Å². The smallest absolute Gasteiger partial charge is 0.303 e. The number of aromatic nitrogens is 8. The molecule has 87 heavy (non-hydrogen) atoms. The third-order valence-electron chi connectivity index (χ3n) is 17.3. The zero-order valence-corrected chi connectivity index (χ0v) is 50.7. The lowest BCUT2D eigenvalue weighted by Gasteiger charge is -2.07. The van der Waals surface area contributed by atoms with Crippen molar-refractivity contribution in [3.8, 4) is 0 Å². The Morgan fingerprint density at radius 1 is 0.391 bits per heavy atom. The van der Waals surface area contributed by atoms with E-state index in [1.54, 1.807) is 0 Å². The molecular weight excluding hydrogens is 1100 g/mol. The van der Waals surface area contributed by atoms with Gasteiger partial charge in [0.2, 0.25) is 0 Å². The number of fused-ring (bicyclic) bond motifs is 16. The van der Waals surface area contributed by atoms with Crippen LogP contribution in [0.25, 0.3) is 62.6 Å². The number of carboxylic acid groups (broad SMARTS) is 4. The summed E-state index contributed by atoms with van der Waals surface area (Å²) in [6.07, 6.45) is 11.4. The minimum absolute atomic E-state index is 0. The van der Waals surface area contributed by atoms with Crippen LogP contribution in [0.2, 0.25) is 0 Å². The van der Waals surface area contributed by atoms with Gasteiger partial charge in [-0.25, -0.2) is 9.97 Å². The van der Waals surface area contributed by atoms with E-state index in [9.17, 15) is 39.6 Å². The lowest BCUT2D eigenvalue weighted by Crippen LogP contribution is -2.04. The predicted molar refractivity (Wildman–Crippen MR) is 345 cm³/mol. The third kappa shape index (κ3) is 13.3. The molecule has 0 atom stereocenters. The summed E-state index contributed by atoms with van der Waals surface area (Å²) in [7, 11) is 0. The molecule has 10 rings (SSSR count). The number of nitrogens with zero attached hydrogens (tertiary/aromatic N) is 2. The van der Waals surface area contributed by atoms with Gasteiger partial charge >= 0.3 is 23.9 Å². The molecule has 16 N–H and O–H groups in total. The molecule has 0 unspecified atom stereocenters. The summed E-state index contributed by atoms with van der Waals surface area (Å²) in [4.78, 5) is 77.8. The molecule has 3 aliphatic heterocycles. The largest absolute Gasteiger partial charge is 0.481 e. The van der Waals surface area contributed by atoms with Gasteiger partial charge in [0.15, 0.2) is 0 Å². The Bertz CT molecular complexity index is 4180. The Hall–Kier alpha value is -9.56. The fourth-order valence-corrected chi connectivity index (χ4v) is 12.4. The minimum atomic E-state index is -0.886. The van der Waals surface area contributed by atoms with E-state index in [0.717, 1.165) is 168 Å². The molecule has 0 spiro atoms. The Morgan fingerprint density at radius 3 is 1.26 bits per heavy atom. The average molecular weight is 1190 g/mol. The van der Waals surface area contributed by atoms with Gasteiger partial charge in [-0.2, -0.15) is 0 Å². The van der Waals surface area contributed by atoms with Gasteiger partial charge in [-0.15, -0.1) is 0 Å². The highest BCUT2D eigenvalue weighted by atomic mass is 16.4. The van der Waals surface area contributed by atoms with Gasteiger partial charge in [0.05, 0.1) is 22.8 Å². The lowest BCUT2D eigenvalue weighted by atomic mass is 9.97. The number of allylic oxidation sites excluding steroid dienone is 5. The van der Waals surface area contributed by atoms with Crippen molar-refractivity contribution in [1.82, 2.24) is 39.9 Å². The molecule has 0 aliphatic carbocycles. The zero-order chi connectivity index (χ0) is 60.6. The van der Waals surface area contributed by atoms with Crippen LogP contribution in [-0.2, 0) is 64.1 Å². The first-order chi connectivity index (χ1) is 40.0. The summed E-state index contributed by atoms with van der Waals surface area (Å²) in [5.74, 6) is -3.43. The number of carbonyl (C=O) groups is 4. The molecule has 19 heteroatoms. The molecule has 16 bridgehead atoms. The van der Waals surface area contributed by atoms with Crippen molar-refractivity contribution in [2.45, 2.75) is 132 Å². The second-order valence-corrected chi connectivity index (χ2v) is 22.2. The monoisotopic (exact) mass is 1180 g/mol. The molecule has 0 saturated carbocycles. The quantitative estimate of drug-likeness (QED) is 0.0436. The van der Waals surface area contributed by atoms with Crippen LogP contribution in [-0.4, -0.2) is 101 Å². The average Bonchev–Trinajstić information content (AvgIpc) is 2.28. The van der Waals surface area contributed by atoms with Gasteiger partial charge in [-0.1, -0.05) is 50.6 Å². The minimum Gasteiger partial charge on any atom is -0.481 e. The number of H-pyrrole nitrogens is 6. The van der Waals surface area contributed by atoms with Crippen molar-refractivity contribution in [2.75, 3.05) is 0 Å². The van der Waals surface area contributed by atoms with E-state index in [1.807, 2.05) is 76.3 Å². The van der Waals surface area contributed by atoms with E-state index in [1.165, 1.54) is 0 Å². The zero-order valence-electron chi connectivity index (χ0n) is 50.7. The lowest BCUT2D eigenvalue weighted by molar-refractivity contribution is -0.138. The van der Waals surface area contributed by atoms with E-state index in [2.05, 4.69) is 83.9 Å². The Morgan fingerprint density at radius 2 is 0.782 bits per heavy atom. The number of aliphatic carboxylic acids is 4. The molecule has 0 fully saturated rings. The second kappa shape index (κ2) is 27.2. The highest BCUT2D eigenvalue weighted by Gasteiger charge is 2.26. The molecule has 0 saturated heterocycles. The van der Waals surface area contributed by atoms with Gasteiger partial charge in [0, 0.05) is 130 Å². The number of hydrogen-bond donors (Lipinski definition) is 10. The molecule has 7 aromatic rings. The van der Waals surface area contributed by atoms with Crippen molar-refractivity contribution in [3.63, 3.8) is 0 Å². The predicted octanol–water partition coefficient (Wildman–Crippen LogP) is 11.3. The van der Waals surface area contributed by atoms with E-state index in [-0.39, 0.29) is 42.1 Å². The maximum absolute atomic E-state index is 11.6. The second-order valence-electron chi connectivity index (χ2n) is 22.2. The number of carboxylic acids is 4. The summed E-state index contributed by atoms with van der Waals surface area (Å²) in [6, 6.07) is 7.88. The standard InChI is InChI=1S/C34H40N4O4.C34H34N4O4.3H2O/c2*1-7-21-17(3)25-13-26-19(5)23(9-11-33(39)40)31(37-26)16-32-24(10-12-34(41)42)20(6)28(38-32)15-30-22(8-2)18(4)27(36-30)14-29(21)35-25;;;/h7-8,35-38H,1-2,9-16H2,3-6H3,(H,39,40)(H,41,42);7-8,13-16,36,38H,1-2,9-12H2,3-6H3,(H,39,40)(H,41,42);3*1H2. The maximum atomic E-state index is 11.6. The number of aromatic amines is 6. The van der Waals surface area contributed by atoms with Crippen molar-refractivity contribution >= 4 is 86.5 Å². The molecular formula is C68H80N8O11. The fourth-order valence-electron chi connectivity index (χ4n) is 12.4. The topological polar surface area (TPSA) is 364 Å². The Kier molecular flexibility index (Phi) is 20.8. The molecule has 0 radical (unpaired) electrons. The van der Waals surface area contributed by atoms with Crippen molar-refractivity contribution in [1.29, 1.82) is 0 Å². The van der Waals surface area contributed by atoms with Crippen LogP contribution in [0.1, 0.15) is 181 Å². The Balaban J connectivity index is 0.000000269. The van der Waals surface area contributed by atoms with E-state index in [4.69, 9.17) is 9.97 Å².